The van der Waals surface area contributed by atoms with Gasteiger partial charge in [-0.25, -0.2) is 8.78 Å². The van der Waals surface area contributed by atoms with Crippen LogP contribution in [-0.4, -0.2) is 19.0 Å². The van der Waals surface area contributed by atoms with Gasteiger partial charge >= 0.3 is 0 Å². The lowest BCUT2D eigenvalue weighted by Gasteiger charge is -2.34. The third-order valence-electron chi connectivity index (χ3n) is 3.58. The van der Waals surface area contributed by atoms with Crippen molar-refractivity contribution in [1.82, 2.24) is 5.32 Å². The molecule has 1 saturated heterocycles. The fourth-order valence-electron chi connectivity index (χ4n) is 2.66. The largest absolute Gasteiger partial charge is 0.365 e. The van der Waals surface area contributed by atoms with Crippen LogP contribution in [0.4, 0.5) is 14.5 Å². The van der Waals surface area contributed by atoms with E-state index in [1.54, 1.807) is 0 Å². The molecule has 0 saturated carbocycles. The molecule has 3 rings (SSSR count). The maximum atomic E-state index is 13.4. The molecular weight excluding hydrogens is 258 g/mol. The Kier molecular flexibility index (Phi) is 3.78. The second kappa shape index (κ2) is 5.02. The third kappa shape index (κ3) is 2.59. The van der Waals surface area contributed by atoms with Crippen molar-refractivity contribution in [2.75, 3.05) is 18.0 Å². The van der Waals surface area contributed by atoms with Gasteiger partial charge in [0.1, 0.15) is 0 Å². The summed E-state index contributed by atoms with van der Waals surface area (Å²) < 4.78 is 26.7. The summed E-state index contributed by atoms with van der Waals surface area (Å²) in [6.07, 6.45) is 0.596. The fourth-order valence-corrected chi connectivity index (χ4v) is 2.66. The van der Waals surface area contributed by atoms with Crippen LogP contribution in [0.1, 0.15) is 24.0 Å². The number of rotatable bonds is 1. The molecule has 0 amide bonds. The molecule has 1 N–H and O–H groups in total. The minimum atomic E-state index is -2.53. The molecule has 0 bridgehead atoms. The number of fused-ring (bicyclic) bond motifs is 1. The number of anilines is 1. The fraction of sp³-hybridized carbons (Fsp3) is 0.538. The Morgan fingerprint density at radius 2 is 1.94 bits per heavy atom. The number of halogens is 3. The summed E-state index contributed by atoms with van der Waals surface area (Å²) in [4.78, 5) is 1.81. The Morgan fingerprint density at radius 3 is 2.72 bits per heavy atom. The average molecular weight is 275 g/mol. The molecule has 2 heterocycles. The number of hydrogen-bond donors (Lipinski definition) is 1. The topological polar surface area (TPSA) is 15.3 Å². The Hall–Kier alpha value is -0.870. The molecule has 1 aromatic carbocycles. The first-order chi connectivity index (χ1) is 8.14. The Labute approximate surface area is 112 Å². The van der Waals surface area contributed by atoms with Gasteiger partial charge in [0.2, 0.25) is 0 Å². The van der Waals surface area contributed by atoms with Crippen molar-refractivity contribution in [3.05, 3.63) is 29.3 Å². The van der Waals surface area contributed by atoms with Crippen molar-refractivity contribution >= 4 is 18.1 Å². The smallest absolute Gasteiger partial charge is 0.265 e. The highest BCUT2D eigenvalue weighted by Crippen LogP contribution is 2.31. The van der Waals surface area contributed by atoms with Crippen LogP contribution in [0.2, 0.25) is 0 Å². The van der Waals surface area contributed by atoms with Gasteiger partial charge in [0.25, 0.3) is 5.92 Å². The van der Waals surface area contributed by atoms with Gasteiger partial charge in [-0.1, -0.05) is 6.07 Å². The number of piperidine rings is 1. The molecule has 1 aromatic rings. The first-order valence-corrected chi connectivity index (χ1v) is 6.09. The van der Waals surface area contributed by atoms with Crippen molar-refractivity contribution in [3.63, 3.8) is 0 Å². The van der Waals surface area contributed by atoms with Gasteiger partial charge in [-0.2, -0.15) is 0 Å². The van der Waals surface area contributed by atoms with E-state index in [0.717, 1.165) is 25.3 Å². The van der Waals surface area contributed by atoms with E-state index in [9.17, 15) is 8.78 Å². The second-order valence-corrected chi connectivity index (χ2v) is 4.94. The van der Waals surface area contributed by atoms with Crippen LogP contribution < -0.4 is 10.2 Å². The molecule has 5 heteroatoms. The van der Waals surface area contributed by atoms with Gasteiger partial charge in [-0.15, -0.1) is 12.4 Å². The highest BCUT2D eigenvalue weighted by atomic mass is 35.5. The molecule has 2 aliphatic rings. The zero-order chi connectivity index (χ0) is 11.9. The van der Waals surface area contributed by atoms with Crippen molar-refractivity contribution in [3.8, 4) is 0 Å². The first-order valence-electron chi connectivity index (χ1n) is 6.09. The molecule has 2 aliphatic heterocycles. The van der Waals surface area contributed by atoms with E-state index in [-0.39, 0.29) is 25.4 Å². The van der Waals surface area contributed by atoms with Crippen molar-refractivity contribution in [1.29, 1.82) is 0 Å². The molecule has 100 valence electrons. The number of nitrogens with one attached hydrogen (secondary N) is 1. The van der Waals surface area contributed by atoms with Gasteiger partial charge in [0.15, 0.2) is 0 Å². The number of benzene rings is 1. The van der Waals surface area contributed by atoms with Crippen LogP contribution in [0, 0.1) is 0 Å². The lowest BCUT2D eigenvalue weighted by Crippen LogP contribution is -2.42. The van der Waals surface area contributed by atoms with E-state index in [1.165, 1.54) is 11.1 Å². The predicted octanol–water partition coefficient (Wildman–Crippen LogP) is 2.95. The van der Waals surface area contributed by atoms with Crippen LogP contribution in [0.25, 0.3) is 0 Å². The third-order valence-corrected chi connectivity index (χ3v) is 3.58. The zero-order valence-corrected chi connectivity index (χ0v) is 10.9. The average Bonchev–Trinajstić information content (AvgIpc) is 2.74. The zero-order valence-electron chi connectivity index (χ0n) is 10.1. The van der Waals surface area contributed by atoms with E-state index in [2.05, 4.69) is 17.4 Å². The van der Waals surface area contributed by atoms with Crippen LogP contribution >= 0.6 is 12.4 Å². The minimum absolute atomic E-state index is 0. The normalized spacial score (nSPS) is 21.3. The summed E-state index contributed by atoms with van der Waals surface area (Å²) in [7, 11) is 0. The van der Waals surface area contributed by atoms with E-state index >= 15 is 0 Å². The van der Waals surface area contributed by atoms with Crippen molar-refractivity contribution in [2.45, 2.75) is 31.9 Å². The summed E-state index contributed by atoms with van der Waals surface area (Å²) >= 11 is 0. The van der Waals surface area contributed by atoms with Gasteiger partial charge in [-0.05, 0) is 29.7 Å². The molecule has 0 spiro atoms. The summed E-state index contributed by atoms with van der Waals surface area (Å²) in [5, 5.41) is 3.27. The SMILES string of the molecule is Cl.FC1(F)CCCN(c2ccc3c(c2)CNC3)C1. The van der Waals surface area contributed by atoms with Gasteiger partial charge in [0, 0.05) is 31.7 Å². The van der Waals surface area contributed by atoms with Gasteiger partial charge in [0.05, 0.1) is 6.54 Å². The monoisotopic (exact) mass is 274 g/mol. The molecule has 0 radical (unpaired) electrons. The number of nitrogens with zero attached hydrogens (tertiary/aromatic N) is 1. The molecule has 1 fully saturated rings. The van der Waals surface area contributed by atoms with Gasteiger partial charge in [-0.3, -0.25) is 0 Å². The number of alkyl halides is 2. The predicted molar refractivity (Wildman–Crippen MR) is 70.6 cm³/mol. The molecule has 0 aliphatic carbocycles. The van der Waals surface area contributed by atoms with Crippen molar-refractivity contribution in [2.24, 2.45) is 0 Å². The molecule has 0 unspecified atom stereocenters. The molecule has 0 aromatic heterocycles. The lowest BCUT2D eigenvalue weighted by atomic mass is 10.0. The Morgan fingerprint density at radius 1 is 1.17 bits per heavy atom. The lowest BCUT2D eigenvalue weighted by molar-refractivity contribution is -0.0116. The maximum Gasteiger partial charge on any atom is 0.265 e. The van der Waals surface area contributed by atoms with E-state index < -0.39 is 5.92 Å². The molecule has 18 heavy (non-hydrogen) atoms. The summed E-state index contributed by atoms with van der Waals surface area (Å²) in [5.41, 5.74) is 3.47. The highest BCUT2D eigenvalue weighted by molar-refractivity contribution is 5.85. The van der Waals surface area contributed by atoms with Crippen molar-refractivity contribution < 1.29 is 8.78 Å². The van der Waals surface area contributed by atoms with Crippen LogP contribution in [-0.2, 0) is 13.1 Å². The highest BCUT2D eigenvalue weighted by Gasteiger charge is 2.35. The molecule has 2 nitrogen and oxygen atoms in total. The molecular formula is C13H17ClF2N2. The maximum absolute atomic E-state index is 13.4. The van der Waals surface area contributed by atoms with E-state index in [1.807, 2.05) is 11.0 Å². The Bertz CT molecular complexity index is 437. The minimum Gasteiger partial charge on any atom is -0.365 e. The summed E-state index contributed by atoms with van der Waals surface area (Å²) in [5.74, 6) is -2.53. The van der Waals surface area contributed by atoms with Gasteiger partial charge < -0.3 is 10.2 Å². The van der Waals surface area contributed by atoms with E-state index in [4.69, 9.17) is 0 Å². The summed E-state index contributed by atoms with van der Waals surface area (Å²) in [6.45, 7) is 2.35. The van der Waals surface area contributed by atoms with E-state index in [0.29, 0.717) is 6.42 Å². The molecule has 0 atom stereocenters. The first kappa shape index (κ1) is 13.6. The van der Waals surface area contributed by atoms with Crippen LogP contribution in [0.15, 0.2) is 18.2 Å². The van der Waals surface area contributed by atoms with Crippen LogP contribution in [0.3, 0.4) is 0 Å². The number of hydrogen-bond acceptors (Lipinski definition) is 2. The standard InChI is InChI=1S/C13H16F2N2.ClH/c14-13(15)4-1-5-17(9-13)12-3-2-10-7-16-8-11(10)6-12;/h2-3,6,16H,1,4-5,7-9H2;1H. The quantitative estimate of drug-likeness (QED) is 0.847. The second-order valence-electron chi connectivity index (χ2n) is 4.94. The van der Waals surface area contributed by atoms with Crippen LogP contribution in [0.5, 0.6) is 0 Å². The Balaban J connectivity index is 0.00000120. The summed E-state index contributed by atoms with van der Waals surface area (Å²) in [6, 6.07) is 6.07.